The molecule has 1 N–H and O–H groups in total. The molecule has 0 aliphatic heterocycles. The fourth-order valence-corrected chi connectivity index (χ4v) is 6.14. The zero-order chi connectivity index (χ0) is 16.1. The van der Waals surface area contributed by atoms with Crippen molar-refractivity contribution in [2.45, 2.75) is 70.3 Å². The molecular formula is C21H29NO. The van der Waals surface area contributed by atoms with Crippen molar-refractivity contribution in [3.8, 4) is 0 Å². The van der Waals surface area contributed by atoms with Crippen LogP contribution >= 0.6 is 0 Å². The molecule has 23 heavy (non-hydrogen) atoms. The molecule has 1 aromatic rings. The molecule has 4 saturated carbocycles. The lowest BCUT2D eigenvalue weighted by Crippen LogP contribution is -2.59. The molecule has 5 rings (SSSR count). The summed E-state index contributed by atoms with van der Waals surface area (Å²) in [5.74, 6) is 1.85. The van der Waals surface area contributed by atoms with Gasteiger partial charge in [-0.2, -0.15) is 0 Å². The van der Waals surface area contributed by atoms with Crippen LogP contribution < -0.4 is 5.32 Å². The summed E-state index contributed by atoms with van der Waals surface area (Å²) in [6.45, 7) is 4.28. The number of benzene rings is 1. The van der Waals surface area contributed by atoms with Crippen LogP contribution in [0.25, 0.3) is 0 Å². The van der Waals surface area contributed by atoms with Crippen LogP contribution in [-0.2, 0) is 10.2 Å². The molecule has 2 heteroatoms. The first kappa shape index (κ1) is 15.2. The first-order chi connectivity index (χ1) is 11.1. The van der Waals surface area contributed by atoms with Gasteiger partial charge in [0.25, 0.3) is 0 Å². The average molecular weight is 311 g/mol. The summed E-state index contributed by atoms with van der Waals surface area (Å²) in [6.07, 6.45) is 8.28. The minimum atomic E-state index is -0.0939. The molecule has 2 nitrogen and oxygen atoms in total. The maximum Gasteiger partial charge on any atom is 0.226 e. The van der Waals surface area contributed by atoms with Gasteiger partial charge < -0.3 is 5.32 Å². The van der Waals surface area contributed by atoms with Crippen LogP contribution in [0.15, 0.2) is 30.3 Å². The fourth-order valence-electron chi connectivity index (χ4n) is 6.14. The highest BCUT2D eigenvalue weighted by Crippen LogP contribution is 2.65. The molecule has 4 aliphatic rings. The lowest BCUT2D eigenvalue weighted by Gasteiger charge is -2.61. The average Bonchev–Trinajstić information content (AvgIpc) is 2.54. The Morgan fingerprint density at radius 3 is 2.43 bits per heavy atom. The number of rotatable bonds is 4. The number of hydrogen-bond acceptors (Lipinski definition) is 1. The van der Waals surface area contributed by atoms with E-state index in [1.807, 2.05) is 0 Å². The van der Waals surface area contributed by atoms with Gasteiger partial charge in [-0.25, -0.2) is 0 Å². The van der Waals surface area contributed by atoms with E-state index in [1.165, 1.54) is 24.8 Å². The monoisotopic (exact) mass is 311 g/mol. The van der Waals surface area contributed by atoms with Gasteiger partial charge in [0, 0.05) is 6.04 Å². The summed E-state index contributed by atoms with van der Waals surface area (Å²) in [7, 11) is 0. The van der Waals surface area contributed by atoms with Crippen LogP contribution in [0, 0.1) is 17.3 Å². The van der Waals surface area contributed by atoms with Crippen LogP contribution in [0.4, 0.5) is 0 Å². The van der Waals surface area contributed by atoms with Crippen molar-refractivity contribution < 1.29 is 4.79 Å². The van der Waals surface area contributed by atoms with E-state index in [0.717, 1.165) is 37.5 Å². The van der Waals surface area contributed by atoms with E-state index in [2.05, 4.69) is 49.5 Å². The van der Waals surface area contributed by atoms with Crippen LogP contribution in [0.2, 0.25) is 0 Å². The van der Waals surface area contributed by atoms with Gasteiger partial charge in [0.2, 0.25) is 5.91 Å². The molecule has 1 aromatic carbocycles. The van der Waals surface area contributed by atoms with Gasteiger partial charge in [-0.3, -0.25) is 4.79 Å². The number of nitrogens with one attached hydrogen (secondary N) is 1. The van der Waals surface area contributed by atoms with E-state index in [-0.39, 0.29) is 10.8 Å². The third kappa shape index (κ3) is 2.42. The second-order valence-electron chi connectivity index (χ2n) is 8.67. The van der Waals surface area contributed by atoms with Crippen molar-refractivity contribution in [3.63, 3.8) is 0 Å². The third-order valence-corrected chi connectivity index (χ3v) is 6.92. The maximum atomic E-state index is 13.1. The molecule has 124 valence electrons. The summed E-state index contributed by atoms with van der Waals surface area (Å²) in [4.78, 5) is 13.1. The molecule has 0 spiro atoms. The Morgan fingerprint density at radius 2 is 1.83 bits per heavy atom. The van der Waals surface area contributed by atoms with Gasteiger partial charge in [-0.1, -0.05) is 37.3 Å². The molecule has 0 saturated heterocycles. The Kier molecular flexibility index (Phi) is 3.55. The topological polar surface area (TPSA) is 29.1 Å². The van der Waals surface area contributed by atoms with Gasteiger partial charge in [-0.05, 0) is 74.7 Å². The van der Waals surface area contributed by atoms with E-state index >= 15 is 0 Å². The highest BCUT2D eigenvalue weighted by molar-refractivity contribution is 5.83. The highest BCUT2D eigenvalue weighted by atomic mass is 16.2. The van der Waals surface area contributed by atoms with Crippen LogP contribution in [0.5, 0.6) is 0 Å². The van der Waals surface area contributed by atoms with E-state index in [0.29, 0.717) is 11.9 Å². The highest BCUT2D eigenvalue weighted by Gasteiger charge is 2.60. The maximum absolute atomic E-state index is 13.1. The summed E-state index contributed by atoms with van der Waals surface area (Å²) >= 11 is 0. The standard InChI is InChI=1S/C21H29NO/c1-3-15(2)22-19(23)21-12-16-9-17(13-21)11-20(10-16,14-21)18-7-5-4-6-8-18/h4-8,15-17H,3,9-14H2,1-2H3,(H,22,23). The van der Waals surface area contributed by atoms with Crippen molar-refractivity contribution in [1.82, 2.24) is 5.32 Å². The SMILES string of the molecule is CCC(C)NC(=O)C12CC3CC(C1)CC(c1ccccc1)(C3)C2. The summed E-state index contributed by atoms with van der Waals surface area (Å²) < 4.78 is 0. The Balaban J connectivity index is 1.67. The van der Waals surface area contributed by atoms with Crippen LogP contribution in [0.3, 0.4) is 0 Å². The molecule has 0 radical (unpaired) electrons. The molecule has 3 atom stereocenters. The van der Waals surface area contributed by atoms with E-state index in [1.54, 1.807) is 0 Å². The molecule has 4 fully saturated rings. The molecule has 0 aromatic heterocycles. The van der Waals surface area contributed by atoms with E-state index in [9.17, 15) is 4.79 Å². The first-order valence-electron chi connectivity index (χ1n) is 9.42. The largest absolute Gasteiger partial charge is 0.353 e. The normalized spacial score (nSPS) is 39.2. The lowest BCUT2D eigenvalue weighted by molar-refractivity contribution is -0.149. The second-order valence-corrected chi connectivity index (χ2v) is 8.67. The molecule has 4 aliphatic carbocycles. The van der Waals surface area contributed by atoms with Gasteiger partial charge in [0.1, 0.15) is 0 Å². The zero-order valence-corrected chi connectivity index (χ0v) is 14.5. The molecule has 3 unspecified atom stereocenters. The summed E-state index contributed by atoms with van der Waals surface area (Å²) in [6, 6.07) is 11.3. The fraction of sp³-hybridized carbons (Fsp3) is 0.667. The molecule has 1 amide bonds. The Labute approximate surface area is 140 Å². The van der Waals surface area contributed by atoms with Gasteiger partial charge >= 0.3 is 0 Å². The summed E-state index contributed by atoms with van der Waals surface area (Å²) in [5, 5.41) is 3.32. The van der Waals surface area contributed by atoms with Crippen molar-refractivity contribution in [1.29, 1.82) is 0 Å². The van der Waals surface area contributed by atoms with E-state index in [4.69, 9.17) is 0 Å². The predicted molar refractivity (Wildman–Crippen MR) is 93.1 cm³/mol. The zero-order valence-electron chi connectivity index (χ0n) is 14.5. The first-order valence-corrected chi connectivity index (χ1v) is 9.42. The number of hydrogen-bond donors (Lipinski definition) is 1. The molecular weight excluding hydrogens is 282 g/mol. The number of amides is 1. The smallest absolute Gasteiger partial charge is 0.226 e. The van der Waals surface area contributed by atoms with Crippen LogP contribution in [-0.4, -0.2) is 11.9 Å². The second kappa shape index (κ2) is 5.36. The molecule has 0 heterocycles. The molecule has 4 bridgehead atoms. The van der Waals surface area contributed by atoms with Crippen molar-refractivity contribution in [2.75, 3.05) is 0 Å². The van der Waals surface area contributed by atoms with Crippen molar-refractivity contribution in [3.05, 3.63) is 35.9 Å². The Bertz CT molecular complexity index is 579. The van der Waals surface area contributed by atoms with Crippen molar-refractivity contribution in [2.24, 2.45) is 17.3 Å². The number of carbonyl (C=O) groups is 1. The Hall–Kier alpha value is -1.31. The quantitative estimate of drug-likeness (QED) is 0.875. The van der Waals surface area contributed by atoms with Gasteiger partial charge in [0.05, 0.1) is 5.41 Å². The van der Waals surface area contributed by atoms with Gasteiger partial charge in [0.15, 0.2) is 0 Å². The van der Waals surface area contributed by atoms with Crippen LogP contribution in [0.1, 0.15) is 64.4 Å². The van der Waals surface area contributed by atoms with E-state index < -0.39 is 0 Å². The van der Waals surface area contributed by atoms with Gasteiger partial charge in [-0.15, -0.1) is 0 Å². The number of carbonyl (C=O) groups excluding carboxylic acids is 1. The Morgan fingerprint density at radius 1 is 1.17 bits per heavy atom. The predicted octanol–water partition coefficient (Wildman–Crippen LogP) is 4.44. The third-order valence-electron chi connectivity index (χ3n) is 6.92. The summed E-state index contributed by atoms with van der Waals surface area (Å²) in [5.41, 5.74) is 1.65. The minimum Gasteiger partial charge on any atom is -0.353 e. The minimum absolute atomic E-state index is 0.0939. The van der Waals surface area contributed by atoms with Crippen molar-refractivity contribution >= 4 is 5.91 Å². The lowest BCUT2D eigenvalue weighted by atomic mass is 9.42.